The van der Waals surface area contributed by atoms with Gasteiger partial charge in [0.05, 0.1) is 0 Å². The summed E-state index contributed by atoms with van der Waals surface area (Å²) in [4.78, 5) is 20.4. The van der Waals surface area contributed by atoms with Gasteiger partial charge in [-0.3, -0.25) is 9.79 Å². The molecule has 158 valence electrons. The van der Waals surface area contributed by atoms with E-state index in [1.807, 2.05) is 24.3 Å². The summed E-state index contributed by atoms with van der Waals surface area (Å²) < 4.78 is 0. The number of guanidine groups is 1. The first-order valence-electron chi connectivity index (χ1n) is 9.97. The summed E-state index contributed by atoms with van der Waals surface area (Å²) in [6.07, 6.45) is 4.05. The Morgan fingerprint density at radius 2 is 1.79 bits per heavy atom. The third-order valence-corrected chi connectivity index (χ3v) is 4.93. The van der Waals surface area contributed by atoms with Gasteiger partial charge < -0.3 is 20.4 Å². The first-order chi connectivity index (χ1) is 13.0. The molecule has 1 amide bonds. The highest BCUT2D eigenvalue weighted by atomic mass is 127. The lowest BCUT2D eigenvalue weighted by atomic mass is 10.1. The molecule has 1 fully saturated rings. The number of piperidine rings is 1. The lowest BCUT2D eigenvalue weighted by Crippen LogP contribution is -2.42. The normalized spacial score (nSPS) is 16.1. The Bertz CT molecular complexity index is 612. The fraction of sp³-hybridized carbons (Fsp3) is 0.619. The highest BCUT2D eigenvalue weighted by Gasteiger charge is 2.13. The number of halogens is 1. The van der Waals surface area contributed by atoms with Crippen LogP contribution in [0.4, 0.5) is 0 Å². The van der Waals surface area contributed by atoms with E-state index in [4.69, 9.17) is 0 Å². The third kappa shape index (κ3) is 8.34. The van der Waals surface area contributed by atoms with Gasteiger partial charge in [0.15, 0.2) is 5.96 Å². The second-order valence-electron chi connectivity index (χ2n) is 7.67. The minimum atomic E-state index is 0. The molecule has 1 aliphatic rings. The van der Waals surface area contributed by atoms with Gasteiger partial charge in [-0.25, -0.2) is 0 Å². The monoisotopic (exact) mass is 501 g/mol. The van der Waals surface area contributed by atoms with E-state index in [1.165, 1.54) is 32.4 Å². The summed E-state index contributed by atoms with van der Waals surface area (Å²) >= 11 is 0. The smallest absolute Gasteiger partial charge is 0.253 e. The van der Waals surface area contributed by atoms with Crippen molar-refractivity contribution in [1.29, 1.82) is 0 Å². The number of aliphatic imine (C=N–C) groups is 1. The number of nitrogens with one attached hydrogen (secondary N) is 2. The lowest BCUT2D eigenvalue weighted by Gasteiger charge is -2.29. The average Bonchev–Trinajstić information content (AvgIpc) is 2.68. The third-order valence-electron chi connectivity index (χ3n) is 4.93. The number of nitrogens with zero attached hydrogens (tertiary/aromatic N) is 3. The second kappa shape index (κ2) is 13.0. The van der Waals surface area contributed by atoms with E-state index >= 15 is 0 Å². The molecule has 1 unspecified atom stereocenters. The van der Waals surface area contributed by atoms with E-state index in [9.17, 15) is 4.79 Å². The molecular formula is C21H36IN5O. The molecule has 6 nitrogen and oxygen atoms in total. The summed E-state index contributed by atoms with van der Waals surface area (Å²) in [5.41, 5.74) is 1.83. The van der Waals surface area contributed by atoms with Crippen LogP contribution in [0.5, 0.6) is 0 Å². The number of amides is 1. The molecule has 7 heteroatoms. The average molecular weight is 501 g/mol. The van der Waals surface area contributed by atoms with Crippen LogP contribution in [0.1, 0.15) is 42.1 Å². The zero-order chi connectivity index (χ0) is 19.6. The van der Waals surface area contributed by atoms with Gasteiger partial charge >= 0.3 is 0 Å². The Balaban J connectivity index is 0.00000392. The molecule has 28 heavy (non-hydrogen) atoms. The second-order valence-corrected chi connectivity index (χ2v) is 7.67. The van der Waals surface area contributed by atoms with Gasteiger partial charge in [0, 0.05) is 46.3 Å². The largest absolute Gasteiger partial charge is 0.356 e. The van der Waals surface area contributed by atoms with Crippen molar-refractivity contribution in [2.75, 3.05) is 47.3 Å². The molecule has 1 saturated heterocycles. The van der Waals surface area contributed by atoms with E-state index in [0.717, 1.165) is 24.6 Å². The molecule has 1 heterocycles. The van der Waals surface area contributed by atoms with Gasteiger partial charge in [-0.2, -0.15) is 0 Å². The van der Waals surface area contributed by atoms with Crippen molar-refractivity contribution in [3.05, 3.63) is 35.4 Å². The Morgan fingerprint density at radius 1 is 1.14 bits per heavy atom. The molecule has 1 aliphatic heterocycles. The number of rotatable bonds is 7. The number of carbonyl (C=O) groups excluding carboxylic acids is 1. The van der Waals surface area contributed by atoms with E-state index < -0.39 is 0 Å². The van der Waals surface area contributed by atoms with Crippen molar-refractivity contribution in [3.8, 4) is 0 Å². The number of carbonyl (C=O) groups is 1. The van der Waals surface area contributed by atoms with Crippen molar-refractivity contribution < 1.29 is 4.79 Å². The molecule has 0 radical (unpaired) electrons. The van der Waals surface area contributed by atoms with Crippen molar-refractivity contribution in [2.24, 2.45) is 10.9 Å². The Morgan fingerprint density at radius 3 is 2.36 bits per heavy atom. The SMILES string of the molecule is CN=C(NCc1ccc(C(=O)N(C)C)cc1)NCC(C)CN1CCCCC1.I. The summed E-state index contributed by atoms with van der Waals surface area (Å²) in [5.74, 6) is 1.42. The molecular weight excluding hydrogens is 465 g/mol. The van der Waals surface area contributed by atoms with Gasteiger partial charge in [0.2, 0.25) is 0 Å². The summed E-state index contributed by atoms with van der Waals surface area (Å²) in [5, 5.41) is 6.77. The predicted octanol–water partition coefficient (Wildman–Crippen LogP) is 2.79. The summed E-state index contributed by atoms with van der Waals surface area (Å²) in [7, 11) is 5.32. The Kier molecular flexibility index (Phi) is 11.4. The van der Waals surface area contributed by atoms with Crippen LogP contribution in [0.3, 0.4) is 0 Å². The van der Waals surface area contributed by atoms with Gasteiger partial charge in [-0.05, 0) is 49.5 Å². The summed E-state index contributed by atoms with van der Waals surface area (Å²) in [6.45, 7) is 7.50. The molecule has 2 rings (SSSR count). The number of hydrogen-bond acceptors (Lipinski definition) is 3. The van der Waals surface area contributed by atoms with Gasteiger partial charge in [-0.1, -0.05) is 25.5 Å². The van der Waals surface area contributed by atoms with Crippen LogP contribution in [-0.2, 0) is 6.54 Å². The molecule has 1 aromatic carbocycles. The maximum atomic E-state index is 11.9. The zero-order valence-electron chi connectivity index (χ0n) is 17.7. The van der Waals surface area contributed by atoms with Crippen LogP contribution in [-0.4, -0.2) is 69.0 Å². The van der Waals surface area contributed by atoms with Crippen LogP contribution in [0.25, 0.3) is 0 Å². The maximum Gasteiger partial charge on any atom is 0.253 e. The molecule has 0 spiro atoms. The minimum absolute atomic E-state index is 0. The van der Waals surface area contributed by atoms with Crippen molar-refractivity contribution in [1.82, 2.24) is 20.4 Å². The van der Waals surface area contributed by atoms with E-state index in [0.29, 0.717) is 18.0 Å². The van der Waals surface area contributed by atoms with Crippen molar-refractivity contribution >= 4 is 35.8 Å². The van der Waals surface area contributed by atoms with Crippen molar-refractivity contribution in [2.45, 2.75) is 32.7 Å². The predicted molar refractivity (Wildman–Crippen MR) is 128 cm³/mol. The van der Waals surface area contributed by atoms with Gasteiger partial charge in [0.25, 0.3) is 5.91 Å². The molecule has 0 bridgehead atoms. The van der Waals surface area contributed by atoms with Crippen LogP contribution >= 0.6 is 24.0 Å². The molecule has 0 aliphatic carbocycles. The fourth-order valence-corrected chi connectivity index (χ4v) is 3.35. The molecule has 2 N–H and O–H groups in total. The highest BCUT2D eigenvalue weighted by molar-refractivity contribution is 14.0. The zero-order valence-corrected chi connectivity index (χ0v) is 20.0. The lowest BCUT2D eigenvalue weighted by molar-refractivity contribution is 0.0827. The molecule has 1 aromatic rings. The molecule has 0 saturated carbocycles. The maximum absolute atomic E-state index is 11.9. The van der Waals surface area contributed by atoms with Crippen molar-refractivity contribution in [3.63, 3.8) is 0 Å². The standard InChI is InChI=1S/C21H35N5O.HI/c1-17(16-26-12-6-5-7-13-26)14-23-21(22-2)24-15-18-8-10-19(11-9-18)20(27)25(3)4;/h8-11,17H,5-7,12-16H2,1-4H3,(H2,22,23,24);1H. The van der Waals surface area contributed by atoms with Crippen LogP contribution in [0.15, 0.2) is 29.3 Å². The Labute approximate surface area is 187 Å². The number of benzene rings is 1. The topological polar surface area (TPSA) is 60.0 Å². The van der Waals surface area contributed by atoms with Gasteiger partial charge in [-0.15, -0.1) is 24.0 Å². The number of hydrogen-bond donors (Lipinski definition) is 2. The molecule has 1 atom stereocenters. The van der Waals surface area contributed by atoms with E-state index in [2.05, 4.69) is 27.4 Å². The van der Waals surface area contributed by atoms with Crippen LogP contribution in [0, 0.1) is 5.92 Å². The first kappa shape index (κ1) is 24.7. The summed E-state index contributed by atoms with van der Waals surface area (Å²) in [6, 6.07) is 7.71. The molecule has 0 aromatic heterocycles. The minimum Gasteiger partial charge on any atom is -0.356 e. The van der Waals surface area contributed by atoms with E-state index in [1.54, 1.807) is 26.0 Å². The Hall–Kier alpha value is -1.35. The quantitative estimate of drug-likeness (QED) is 0.343. The van der Waals surface area contributed by atoms with Gasteiger partial charge in [0.1, 0.15) is 0 Å². The first-order valence-corrected chi connectivity index (χ1v) is 9.97. The van der Waals surface area contributed by atoms with Crippen LogP contribution < -0.4 is 10.6 Å². The highest BCUT2D eigenvalue weighted by Crippen LogP contribution is 2.10. The fourth-order valence-electron chi connectivity index (χ4n) is 3.35. The van der Waals surface area contributed by atoms with E-state index in [-0.39, 0.29) is 29.9 Å². The van der Waals surface area contributed by atoms with Crippen LogP contribution in [0.2, 0.25) is 0 Å². The number of likely N-dealkylation sites (tertiary alicyclic amines) is 1.